The molecule has 1 atom stereocenters. The van der Waals surface area contributed by atoms with E-state index in [0.29, 0.717) is 0 Å². The van der Waals surface area contributed by atoms with Crippen molar-refractivity contribution in [3.05, 3.63) is 35.1 Å². The number of aliphatic carboxylic acids is 1. The number of hydrogen-bond donors (Lipinski definition) is 3. The van der Waals surface area contributed by atoms with Crippen molar-refractivity contribution in [1.82, 2.24) is 5.32 Å². The Morgan fingerprint density at radius 3 is 2.65 bits per heavy atom. The van der Waals surface area contributed by atoms with Crippen LogP contribution in [0.2, 0.25) is 0 Å². The molecule has 1 rings (SSSR count). The first-order chi connectivity index (χ1) is 7.91. The third-order valence-corrected chi connectivity index (χ3v) is 2.31. The van der Waals surface area contributed by atoms with Gasteiger partial charge in [-0.2, -0.15) is 0 Å². The third-order valence-electron chi connectivity index (χ3n) is 2.31. The van der Waals surface area contributed by atoms with E-state index in [9.17, 15) is 14.0 Å². The normalized spacial score (nSPS) is 12.1. The van der Waals surface area contributed by atoms with E-state index in [4.69, 9.17) is 10.8 Å². The number of hydrogen-bond acceptors (Lipinski definition) is 3. The lowest BCUT2D eigenvalue weighted by molar-refractivity contribution is -0.139. The summed E-state index contributed by atoms with van der Waals surface area (Å²) in [4.78, 5) is 21.3. The van der Waals surface area contributed by atoms with Gasteiger partial charge in [-0.15, -0.1) is 0 Å². The molecule has 0 aliphatic rings. The molecule has 1 amide bonds. The summed E-state index contributed by atoms with van der Waals surface area (Å²) in [6.45, 7) is 1.52. The Bertz CT molecular complexity index is 448. The van der Waals surface area contributed by atoms with Crippen molar-refractivity contribution in [1.29, 1.82) is 0 Å². The van der Waals surface area contributed by atoms with Gasteiger partial charge in [0.2, 0.25) is 5.91 Å². The maximum Gasteiger partial charge on any atom is 0.320 e. The number of carbonyl (C=O) groups is 2. The van der Waals surface area contributed by atoms with Crippen molar-refractivity contribution in [3.8, 4) is 0 Å². The molecule has 0 spiro atoms. The average Bonchev–Trinajstić information content (AvgIpc) is 2.26. The highest BCUT2D eigenvalue weighted by atomic mass is 19.1. The molecule has 0 aliphatic carbocycles. The molecular formula is C11H13FN2O3. The molecule has 0 saturated carbocycles. The molecule has 1 aromatic carbocycles. The lowest BCUT2D eigenvalue weighted by Crippen LogP contribution is -2.33. The predicted octanol–water partition coefficient (Wildman–Crippen LogP) is 0.487. The van der Waals surface area contributed by atoms with Crippen LogP contribution in [0.25, 0.3) is 0 Å². The van der Waals surface area contributed by atoms with Crippen molar-refractivity contribution in [2.45, 2.75) is 19.5 Å². The van der Waals surface area contributed by atoms with E-state index in [0.717, 1.165) is 6.07 Å². The summed E-state index contributed by atoms with van der Waals surface area (Å²) >= 11 is 0. The van der Waals surface area contributed by atoms with Crippen LogP contribution < -0.4 is 11.1 Å². The molecule has 0 fully saturated rings. The van der Waals surface area contributed by atoms with Gasteiger partial charge in [0.15, 0.2) is 0 Å². The van der Waals surface area contributed by atoms with Crippen LogP contribution in [0.5, 0.6) is 0 Å². The minimum Gasteiger partial charge on any atom is -0.480 e. The Labute approximate surface area is 97.4 Å². The summed E-state index contributed by atoms with van der Waals surface area (Å²) in [5.74, 6) is -2.31. The van der Waals surface area contributed by atoms with Crippen LogP contribution in [-0.4, -0.2) is 23.0 Å². The van der Waals surface area contributed by atoms with Crippen LogP contribution in [0.3, 0.4) is 0 Å². The topological polar surface area (TPSA) is 92.4 Å². The summed E-state index contributed by atoms with van der Waals surface area (Å²) in [5, 5.41) is 11.3. The van der Waals surface area contributed by atoms with Crippen LogP contribution in [0, 0.1) is 5.82 Å². The molecule has 0 radical (unpaired) electrons. The van der Waals surface area contributed by atoms with Gasteiger partial charge in [0.05, 0.1) is 0 Å². The number of halogens is 1. The van der Waals surface area contributed by atoms with E-state index in [1.165, 1.54) is 19.1 Å². The molecule has 0 aliphatic heterocycles. The van der Waals surface area contributed by atoms with Gasteiger partial charge >= 0.3 is 5.97 Å². The molecule has 6 heteroatoms. The van der Waals surface area contributed by atoms with E-state index in [1.807, 2.05) is 0 Å². The predicted molar refractivity (Wildman–Crippen MR) is 58.9 cm³/mol. The van der Waals surface area contributed by atoms with Gasteiger partial charge in [-0.05, 0) is 19.1 Å². The second kappa shape index (κ2) is 5.40. The van der Waals surface area contributed by atoms with E-state index in [-0.39, 0.29) is 17.7 Å². The monoisotopic (exact) mass is 240 g/mol. The molecule has 0 unspecified atom stereocenters. The van der Waals surface area contributed by atoms with E-state index in [1.54, 1.807) is 0 Å². The Morgan fingerprint density at radius 2 is 2.18 bits per heavy atom. The molecule has 17 heavy (non-hydrogen) atoms. The van der Waals surface area contributed by atoms with Gasteiger partial charge in [-0.3, -0.25) is 9.59 Å². The number of nitrogens with one attached hydrogen (secondary N) is 1. The van der Waals surface area contributed by atoms with E-state index in [2.05, 4.69) is 5.32 Å². The molecule has 92 valence electrons. The van der Waals surface area contributed by atoms with Crippen molar-refractivity contribution in [3.63, 3.8) is 0 Å². The van der Waals surface area contributed by atoms with Crippen LogP contribution in [0.1, 0.15) is 22.8 Å². The maximum atomic E-state index is 13.5. The molecule has 1 aromatic rings. The Hall–Kier alpha value is -1.95. The smallest absolute Gasteiger partial charge is 0.320 e. The van der Waals surface area contributed by atoms with Crippen LogP contribution >= 0.6 is 0 Å². The molecule has 4 N–H and O–H groups in total. The first-order valence-corrected chi connectivity index (χ1v) is 4.96. The summed E-state index contributed by atoms with van der Waals surface area (Å²) in [5.41, 5.74) is 5.36. The standard InChI is InChI=1S/C11H13FN2O3/c1-6(11(16)17)14-5-8-3-2-7(10(13)15)4-9(8)12/h2-4,6,14H,5H2,1H3,(H2,13,15)(H,16,17)/t6-/m1/s1. The number of amides is 1. The number of benzene rings is 1. The van der Waals surface area contributed by atoms with Crippen molar-refractivity contribution in [2.24, 2.45) is 5.73 Å². The van der Waals surface area contributed by atoms with E-state index >= 15 is 0 Å². The first kappa shape index (κ1) is 13.1. The Balaban J connectivity index is 2.73. The third kappa shape index (κ3) is 3.53. The molecule has 0 aromatic heterocycles. The van der Waals surface area contributed by atoms with Gasteiger partial charge in [0.25, 0.3) is 0 Å². The zero-order valence-corrected chi connectivity index (χ0v) is 9.24. The minimum atomic E-state index is -1.01. The number of nitrogens with two attached hydrogens (primary N) is 1. The molecular weight excluding hydrogens is 227 g/mol. The van der Waals surface area contributed by atoms with Gasteiger partial charge in [-0.1, -0.05) is 6.07 Å². The van der Waals surface area contributed by atoms with Crippen molar-refractivity contribution >= 4 is 11.9 Å². The Kier molecular flexibility index (Phi) is 4.17. The summed E-state index contributed by atoms with van der Waals surface area (Å²) in [6.07, 6.45) is 0. The second-order valence-electron chi connectivity index (χ2n) is 3.61. The summed E-state index contributed by atoms with van der Waals surface area (Å²) in [6, 6.07) is 3.06. The fraction of sp³-hybridized carbons (Fsp3) is 0.273. The molecule has 5 nitrogen and oxygen atoms in total. The zero-order valence-electron chi connectivity index (χ0n) is 9.24. The quantitative estimate of drug-likeness (QED) is 0.698. The van der Waals surface area contributed by atoms with Crippen LogP contribution in [0.15, 0.2) is 18.2 Å². The highest BCUT2D eigenvalue weighted by Gasteiger charge is 2.12. The van der Waals surface area contributed by atoms with Crippen LogP contribution in [0.4, 0.5) is 4.39 Å². The lowest BCUT2D eigenvalue weighted by Gasteiger charge is -2.10. The van der Waals surface area contributed by atoms with Crippen molar-refractivity contribution in [2.75, 3.05) is 0 Å². The van der Waals surface area contributed by atoms with Gasteiger partial charge in [-0.25, -0.2) is 4.39 Å². The van der Waals surface area contributed by atoms with Gasteiger partial charge < -0.3 is 16.2 Å². The molecule has 0 saturated heterocycles. The maximum absolute atomic E-state index is 13.5. The summed E-state index contributed by atoms with van der Waals surface area (Å²) < 4.78 is 13.5. The largest absolute Gasteiger partial charge is 0.480 e. The van der Waals surface area contributed by atoms with Crippen LogP contribution in [-0.2, 0) is 11.3 Å². The Morgan fingerprint density at radius 1 is 1.53 bits per heavy atom. The fourth-order valence-electron chi connectivity index (χ4n) is 1.19. The second-order valence-corrected chi connectivity index (χ2v) is 3.61. The lowest BCUT2D eigenvalue weighted by atomic mass is 10.1. The SMILES string of the molecule is C[C@@H](NCc1ccc(C(N)=O)cc1F)C(=O)O. The van der Waals surface area contributed by atoms with E-state index < -0.39 is 23.7 Å². The summed E-state index contributed by atoms with van der Waals surface area (Å²) in [7, 11) is 0. The van der Waals surface area contributed by atoms with Gasteiger partial charge in [0, 0.05) is 17.7 Å². The minimum absolute atomic E-state index is 0.0678. The first-order valence-electron chi connectivity index (χ1n) is 4.96. The number of carboxylic acids is 1. The average molecular weight is 240 g/mol. The highest BCUT2D eigenvalue weighted by Crippen LogP contribution is 2.10. The number of rotatable bonds is 5. The fourth-order valence-corrected chi connectivity index (χ4v) is 1.19. The number of carboxylic acid groups (broad SMARTS) is 1. The molecule has 0 bridgehead atoms. The van der Waals surface area contributed by atoms with Gasteiger partial charge in [0.1, 0.15) is 11.9 Å². The zero-order chi connectivity index (χ0) is 13.0. The molecule has 0 heterocycles. The van der Waals surface area contributed by atoms with Crippen molar-refractivity contribution < 1.29 is 19.1 Å². The number of carbonyl (C=O) groups excluding carboxylic acids is 1. The number of primary amides is 1. The highest BCUT2D eigenvalue weighted by molar-refractivity contribution is 5.92.